The Morgan fingerprint density at radius 2 is 0.652 bits per heavy atom. The highest BCUT2D eigenvalue weighted by atomic mass is 16.6. The van der Waals surface area contributed by atoms with Gasteiger partial charge in [0, 0.05) is 0 Å². The number of carbonyl (C=O) groups excluding carboxylic acids is 4. The summed E-state index contributed by atoms with van der Waals surface area (Å²) in [6.07, 6.45) is 0. The van der Waals surface area contributed by atoms with Gasteiger partial charge in [0.1, 0.15) is 33.8 Å². The van der Waals surface area contributed by atoms with Crippen LogP contribution in [0.3, 0.4) is 0 Å². The predicted molar refractivity (Wildman–Crippen MR) is 168 cm³/mol. The van der Waals surface area contributed by atoms with E-state index in [4.69, 9.17) is 18.9 Å². The molecular formula is C38H34O8. The van der Waals surface area contributed by atoms with Crippen LogP contribution in [0.25, 0.3) is 0 Å². The van der Waals surface area contributed by atoms with Crippen LogP contribution in [0, 0.1) is 33.5 Å². The van der Waals surface area contributed by atoms with E-state index in [2.05, 4.69) is 0 Å². The van der Waals surface area contributed by atoms with Crippen molar-refractivity contribution in [2.24, 2.45) is 33.5 Å². The summed E-state index contributed by atoms with van der Waals surface area (Å²) >= 11 is 0. The normalized spacial score (nSPS) is 25.0. The Balaban J connectivity index is 1.51. The number of hydrogen-bond acceptors (Lipinski definition) is 8. The minimum Gasteiger partial charge on any atom is -0.426 e. The Hall–Kier alpha value is -5.24. The third kappa shape index (κ3) is 4.59. The monoisotopic (exact) mass is 618 g/mol. The van der Waals surface area contributed by atoms with Crippen LogP contribution in [0.4, 0.5) is 0 Å². The van der Waals surface area contributed by atoms with Crippen LogP contribution in [-0.4, -0.2) is 23.9 Å². The van der Waals surface area contributed by atoms with E-state index >= 15 is 0 Å². The maximum atomic E-state index is 14.7. The fourth-order valence-corrected chi connectivity index (χ4v) is 7.70. The molecule has 0 saturated heterocycles. The number of benzene rings is 4. The summed E-state index contributed by atoms with van der Waals surface area (Å²) in [5.41, 5.74) is -6.23. The lowest BCUT2D eigenvalue weighted by Crippen LogP contribution is -2.47. The van der Waals surface area contributed by atoms with Gasteiger partial charge in [0.05, 0.1) is 11.8 Å². The molecule has 234 valence electrons. The Labute approximate surface area is 267 Å². The van der Waals surface area contributed by atoms with E-state index in [0.29, 0.717) is 0 Å². The predicted octanol–water partition coefficient (Wildman–Crippen LogP) is 6.69. The van der Waals surface area contributed by atoms with E-state index in [9.17, 15) is 19.2 Å². The first-order chi connectivity index (χ1) is 22.0. The lowest BCUT2D eigenvalue weighted by Gasteiger charge is -2.30. The summed E-state index contributed by atoms with van der Waals surface area (Å²) in [6.45, 7) is 6.84. The van der Waals surface area contributed by atoms with Crippen molar-refractivity contribution in [2.75, 3.05) is 0 Å². The first kappa shape index (κ1) is 30.8. The van der Waals surface area contributed by atoms with Crippen LogP contribution in [0.5, 0.6) is 23.0 Å². The molecule has 2 aliphatic rings. The Morgan fingerprint density at radius 1 is 0.413 bits per heavy atom. The highest BCUT2D eigenvalue weighted by molar-refractivity contribution is 6.07. The van der Waals surface area contributed by atoms with Gasteiger partial charge < -0.3 is 18.9 Å². The van der Waals surface area contributed by atoms with Crippen molar-refractivity contribution in [3.63, 3.8) is 0 Å². The fourth-order valence-electron chi connectivity index (χ4n) is 7.70. The van der Waals surface area contributed by atoms with E-state index in [0.717, 1.165) is 0 Å². The van der Waals surface area contributed by atoms with Gasteiger partial charge in [-0.2, -0.15) is 0 Å². The zero-order valence-corrected chi connectivity index (χ0v) is 26.0. The minimum absolute atomic E-state index is 0.221. The molecule has 8 heteroatoms. The van der Waals surface area contributed by atoms with Crippen LogP contribution < -0.4 is 18.9 Å². The molecule has 0 aromatic heterocycles. The number of hydrogen-bond donors (Lipinski definition) is 0. The van der Waals surface area contributed by atoms with E-state index in [-0.39, 0.29) is 23.0 Å². The van der Waals surface area contributed by atoms with Crippen molar-refractivity contribution in [2.45, 2.75) is 27.7 Å². The van der Waals surface area contributed by atoms with Crippen LogP contribution >= 0.6 is 0 Å². The van der Waals surface area contributed by atoms with Crippen molar-refractivity contribution in [3.8, 4) is 23.0 Å². The van der Waals surface area contributed by atoms with Gasteiger partial charge in [-0.25, -0.2) is 0 Å². The minimum atomic E-state index is -1.89. The van der Waals surface area contributed by atoms with Crippen LogP contribution in [0.2, 0.25) is 0 Å². The zero-order chi connectivity index (χ0) is 32.7. The lowest BCUT2D eigenvalue weighted by molar-refractivity contribution is -0.162. The van der Waals surface area contributed by atoms with E-state index in [1.165, 1.54) is 0 Å². The Morgan fingerprint density at radius 3 is 0.913 bits per heavy atom. The molecule has 2 aliphatic carbocycles. The summed E-state index contributed by atoms with van der Waals surface area (Å²) in [5.74, 6) is -4.53. The van der Waals surface area contributed by atoms with Gasteiger partial charge in [0.25, 0.3) is 0 Å². The summed E-state index contributed by atoms with van der Waals surface area (Å²) in [7, 11) is 0. The molecule has 0 N–H and O–H groups in total. The lowest BCUT2D eigenvalue weighted by atomic mass is 9.73. The molecule has 4 aromatic carbocycles. The number of para-hydroxylation sites is 4. The second kappa shape index (κ2) is 11.3. The van der Waals surface area contributed by atoms with E-state index < -0.39 is 57.4 Å². The molecule has 6 rings (SSSR count). The number of ether oxygens (including phenoxy) is 4. The van der Waals surface area contributed by atoms with Crippen molar-refractivity contribution in [1.29, 1.82) is 0 Å². The van der Waals surface area contributed by atoms with Gasteiger partial charge in [-0.05, 0) is 59.4 Å². The average Bonchev–Trinajstić information content (AvgIpc) is 3.80. The third-order valence-corrected chi connectivity index (χ3v) is 9.74. The summed E-state index contributed by atoms with van der Waals surface area (Å²) in [6, 6.07) is 33.7. The molecule has 0 spiro atoms. The fraction of sp³-hybridized carbons (Fsp3) is 0.263. The van der Waals surface area contributed by atoms with Crippen molar-refractivity contribution in [1.82, 2.24) is 0 Å². The summed E-state index contributed by atoms with van der Waals surface area (Å²) in [5, 5.41) is 0. The number of esters is 4. The molecule has 0 amide bonds. The summed E-state index contributed by atoms with van der Waals surface area (Å²) < 4.78 is 23.5. The molecule has 46 heavy (non-hydrogen) atoms. The first-order valence-electron chi connectivity index (χ1n) is 15.1. The standard InChI is InChI=1S/C38H34O8/c1-35(2)29(31(39)43-25-17-9-5-10-18-25)37(35,33(41)45-27-21-13-7-14-22-27)38(34(42)46-28-23-15-8-16-24-28)30(36(38,3)4)32(40)44-26-19-11-6-12-20-26/h5-24,29-30H,1-4H3/t29-,30?,37-,38-/m0/s1. The third-order valence-electron chi connectivity index (χ3n) is 9.74. The molecule has 4 aromatic rings. The number of carbonyl (C=O) groups is 4. The smallest absolute Gasteiger partial charge is 0.320 e. The molecule has 0 radical (unpaired) electrons. The molecule has 0 bridgehead atoms. The largest absolute Gasteiger partial charge is 0.426 e. The van der Waals surface area contributed by atoms with Gasteiger partial charge in [-0.1, -0.05) is 100 Å². The first-order valence-corrected chi connectivity index (χ1v) is 15.1. The zero-order valence-electron chi connectivity index (χ0n) is 26.0. The van der Waals surface area contributed by atoms with E-state index in [1.807, 2.05) is 0 Å². The van der Waals surface area contributed by atoms with Crippen molar-refractivity contribution in [3.05, 3.63) is 121 Å². The highest BCUT2D eigenvalue weighted by Gasteiger charge is 3.01. The molecule has 8 nitrogen and oxygen atoms in total. The summed E-state index contributed by atoms with van der Waals surface area (Å²) in [4.78, 5) is 57.7. The average molecular weight is 619 g/mol. The van der Waals surface area contributed by atoms with E-state index in [1.54, 1.807) is 149 Å². The second-order valence-electron chi connectivity index (χ2n) is 12.8. The van der Waals surface area contributed by atoms with Gasteiger partial charge in [0.15, 0.2) is 0 Å². The van der Waals surface area contributed by atoms with Gasteiger partial charge in [-0.3, -0.25) is 19.2 Å². The van der Waals surface area contributed by atoms with Crippen LogP contribution in [-0.2, 0) is 19.2 Å². The topological polar surface area (TPSA) is 105 Å². The van der Waals surface area contributed by atoms with Crippen molar-refractivity contribution >= 4 is 23.9 Å². The molecular weight excluding hydrogens is 584 g/mol. The molecule has 2 fully saturated rings. The molecule has 2 saturated carbocycles. The van der Waals surface area contributed by atoms with Crippen molar-refractivity contribution < 1.29 is 38.1 Å². The van der Waals surface area contributed by atoms with Crippen LogP contribution in [0.1, 0.15) is 27.7 Å². The quantitative estimate of drug-likeness (QED) is 0.151. The van der Waals surface area contributed by atoms with Gasteiger partial charge in [-0.15, -0.1) is 0 Å². The molecule has 0 aliphatic heterocycles. The van der Waals surface area contributed by atoms with Gasteiger partial charge in [0.2, 0.25) is 0 Å². The highest BCUT2D eigenvalue weighted by Crippen LogP contribution is 2.90. The SMILES string of the molecule is CC1(C)C(C(=O)Oc2ccccc2)[C@@]1(C(=O)Oc1ccccc1)[C@]1(C(=O)Oc2ccccc2)[C@@H](C(=O)Oc2ccccc2)C1(C)C. The Bertz CT molecular complexity index is 1640. The molecule has 1 unspecified atom stereocenters. The Kier molecular flexibility index (Phi) is 7.55. The maximum Gasteiger partial charge on any atom is 0.320 e. The van der Waals surface area contributed by atoms with Crippen LogP contribution in [0.15, 0.2) is 121 Å². The second-order valence-corrected chi connectivity index (χ2v) is 12.8. The van der Waals surface area contributed by atoms with Gasteiger partial charge >= 0.3 is 23.9 Å². The number of rotatable bonds is 9. The molecule has 0 heterocycles. The maximum absolute atomic E-state index is 14.7. The molecule has 4 atom stereocenters.